The minimum absolute atomic E-state index is 0.553. The van der Waals surface area contributed by atoms with Gasteiger partial charge < -0.3 is 10.1 Å². The molecule has 2 aliphatic carbocycles. The molecule has 0 aromatic heterocycles. The molecule has 2 unspecified atom stereocenters. The summed E-state index contributed by atoms with van der Waals surface area (Å²) in [5.41, 5.74) is 0.553. The van der Waals surface area contributed by atoms with Gasteiger partial charge in [0, 0.05) is 12.6 Å². The van der Waals surface area contributed by atoms with Crippen LogP contribution < -0.4 is 10.1 Å². The van der Waals surface area contributed by atoms with E-state index in [2.05, 4.69) is 19.2 Å². The molecule has 0 saturated heterocycles. The molecule has 1 N–H and O–H groups in total. The van der Waals surface area contributed by atoms with E-state index < -0.39 is 0 Å². The number of ether oxygens (including phenoxy) is 1. The Balaban J connectivity index is 1.44. The van der Waals surface area contributed by atoms with Crippen molar-refractivity contribution in [2.24, 2.45) is 17.3 Å². The molecule has 0 radical (unpaired) electrons. The second-order valence-electron chi connectivity index (χ2n) is 7.46. The monoisotopic (exact) mass is 287 g/mol. The van der Waals surface area contributed by atoms with E-state index >= 15 is 0 Å². The maximum Gasteiger partial charge on any atom is 0.119 e. The van der Waals surface area contributed by atoms with Crippen molar-refractivity contribution in [1.29, 1.82) is 0 Å². The van der Waals surface area contributed by atoms with Crippen LogP contribution in [0.2, 0.25) is 0 Å². The molecule has 0 heterocycles. The molecular weight excluding hydrogens is 258 g/mol. The highest BCUT2D eigenvalue weighted by Crippen LogP contribution is 2.61. The molecule has 3 rings (SSSR count). The molecule has 2 saturated carbocycles. The average Bonchev–Trinajstić information content (AvgIpc) is 3.11. The largest absolute Gasteiger partial charge is 0.494 e. The van der Waals surface area contributed by atoms with Gasteiger partial charge in [0.15, 0.2) is 0 Å². The van der Waals surface area contributed by atoms with Crippen molar-refractivity contribution in [3.05, 3.63) is 30.3 Å². The molecule has 2 nitrogen and oxygen atoms in total. The second-order valence-corrected chi connectivity index (χ2v) is 7.46. The number of benzene rings is 1. The van der Waals surface area contributed by atoms with Gasteiger partial charge in [-0.05, 0) is 61.5 Å². The number of hydrogen-bond acceptors (Lipinski definition) is 2. The van der Waals surface area contributed by atoms with Crippen molar-refractivity contribution >= 4 is 0 Å². The SMILES string of the molecule is CC(C)NCC1(CCCOc2ccccc2)CC2CC2C1. The summed E-state index contributed by atoms with van der Waals surface area (Å²) in [5.74, 6) is 3.10. The van der Waals surface area contributed by atoms with Crippen molar-refractivity contribution in [1.82, 2.24) is 5.32 Å². The molecule has 2 aliphatic rings. The second kappa shape index (κ2) is 6.39. The molecule has 1 aromatic carbocycles. The van der Waals surface area contributed by atoms with Crippen molar-refractivity contribution in [3.63, 3.8) is 0 Å². The Morgan fingerprint density at radius 2 is 1.90 bits per heavy atom. The first-order valence-electron chi connectivity index (χ1n) is 8.58. The van der Waals surface area contributed by atoms with Gasteiger partial charge in [0.1, 0.15) is 5.75 Å². The van der Waals surface area contributed by atoms with Gasteiger partial charge >= 0.3 is 0 Å². The quantitative estimate of drug-likeness (QED) is 0.721. The number of para-hydroxylation sites is 1. The van der Waals surface area contributed by atoms with Crippen LogP contribution >= 0.6 is 0 Å². The van der Waals surface area contributed by atoms with Gasteiger partial charge in [-0.1, -0.05) is 32.0 Å². The van der Waals surface area contributed by atoms with Gasteiger partial charge in [-0.3, -0.25) is 0 Å². The van der Waals surface area contributed by atoms with E-state index in [1.807, 2.05) is 30.3 Å². The molecule has 0 aliphatic heterocycles. The molecule has 0 amide bonds. The molecule has 2 fully saturated rings. The van der Waals surface area contributed by atoms with Crippen molar-refractivity contribution in [3.8, 4) is 5.75 Å². The van der Waals surface area contributed by atoms with E-state index in [4.69, 9.17) is 4.74 Å². The highest BCUT2D eigenvalue weighted by molar-refractivity contribution is 5.20. The standard InChI is InChI=1S/C19H29NO/c1-15(2)20-14-19(12-16-11-17(16)13-19)9-6-10-21-18-7-4-3-5-8-18/h3-5,7-8,15-17,20H,6,9-14H2,1-2H3. The third-order valence-electron chi connectivity index (χ3n) is 5.21. The summed E-state index contributed by atoms with van der Waals surface area (Å²) in [5, 5.41) is 3.69. The molecule has 1 aromatic rings. The van der Waals surface area contributed by atoms with Crippen molar-refractivity contribution in [2.45, 2.75) is 52.0 Å². The van der Waals surface area contributed by atoms with Crippen LogP contribution in [0.1, 0.15) is 46.0 Å². The molecule has 2 heteroatoms. The van der Waals surface area contributed by atoms with Crippen molar-refractivity contribution < 1.29 is 4.74 Å². The first-order valence-corrected chi connectivity index (χ1v) is 8.58. The van der Waals surface area contributed by atoms with Gasteiger partial charge in [-0.25, -0.2) is 0 Å². The normalized spacial score (nSPS) is 30.4. The lowest BCUT2D eigenvalue weighted by atomic mass is 9.78. The van der Waals surface area contributed by atoms with Gasteiger partial charge in [-0.15, -0.1) is 0 Å². The third kappa shape index (κ3) is 4.00. The number of fused-ring (bicyclic) bond motifs is 1. The average molecular weight is 287 g/mol. The highest BCUT2D eigenvalue weighted by Gasteiger charge is 2.52. The van der Waals surface area contributed by atoms with Crippen LogP contribution in [0.15, 0.2) is 30.3 Å². The predicted octanol–water partition coefficient (Wildman–Crippen LogP) is 4.26. The molecule has 0 bridgehead atoms. The zero-order valence-corrected chi connectivity index (χ0v) is 13.5. The Hall–Kier alpha value is -1.02. The van der Waals surface area contributed by atoms with E-state index in [0.717, 1.165) is 24.2 Å². The van der Waals surface area contributed by atoms with Crippen LogP contribution in [0, 0.1) is 17.3 Å². The van der Waals surface area contributed by atoms with E-state index in [1.54, 1.807) is 0 Å². The van der Waals surface area contributed by atoms with E-state index in [1.165, 1.54) is 38.6 Å². The van der Waals surface area contributed by atoms with E-state index in [0.29, 0.717) is 11.5 Å². The summed E-state index contributed by atoms with van der Waals surface area (Å²) in [7, 11) is 0. The molecule has 116 valence electrons. The molecule has 21 heavy (non-hydrogen) atoms. The molecule has 2 atom stereocenters. The molecule has 0 spiro atoms. The Bertz CT molecular complexity index is 432. The predicted molar refractivity (Wildman–Crippen MR) is 87.6 cm³/mol. The zero-order valence-electron chi connectivity index (χ0n) is 13.5. The lowest BCUT2D eigenvalue weighted by Gasteiger charge is -2.32. The summed E-state index contributed by atoms with van der Waals surface area (Å²) in [6.45, 7) is 6.55. The van der Waals surface area contributed by atoms with Crippen LogP contribution in [-0.2, 0) is 0 Å². The Kier molecular flexibility index (Phi) is 4.54. The summed E-state index contributed by atoms with van der Waals surface area (Å²) >= 11 is 0. The lowest BCUT2D eigenvalue weighted by Crippen LogP contribution is -2.37. The molecular formula is C19H29NO. The fraction of sp³-hybridized carbons (Fsp3) is 0.684. The first kappa shape index (κ1) is 14.9. The summed E-state index contributed by atoms with van der Waals surface area (Å²) in [4.78, 5) is 0. The van der Waals surface area contributed by atoms with Crippen LogP contribution in [0.5, 0.6) is 5.75 Å². The first-order chi connectivity index (χ1) is 10.2. The van der Waals surface area contributed by atoms with Gasteiger partial charge in [-0.2, -0.15) is 0 Å². The zero-order chi connectivity index (χ0) is 14.7. The van der Waals surface area contributed by atoms with Gasteiger partial charge in [0.2, 0.25) is 0 Å². The Morgan fingerprint density at radius 1 is 1.19 bits per heavy atom. The van der Waals surface area contributed by atoms with Crippen molar-refractivity contribution in [2.75, 3.05) is 13.2 Å². The van der Waals surface area contributed by atoms with E-state index in [-0.39, 0.29) is 0 Å². The maximum atomic E-state index is 5.85. The minimum atomic E-state index is 0.553. The summed E-state index contributed by atoms with van der Waals surface area (Å²) in [6.07, 6.45) is 6.88. The fourth-order valence-electron chi connectivity index (χ4n) is 4.02. The summed E-state index contributed by atoms with van der Waals surface area (Å²) in [6, 6.07) is 10.8. The van der Waals surface area contributed by atoms with Gasteiger partial charge in [0.25, 0.3) is 0 Å². The smallest absolute Gasteiger partial charge is 0.119 e. The maximum absolute atomic E-state index is 5.85. The van der Waals surface area contributed by atoms with E-state index in [9.17, 15) is 0 Å². The number of rotatable bonds is 8. The highest BCUT2D eigenvalue weighted by atomic mass is 16.5. The van der Waals surface area contributed by atoms with Crippen LogP contribution in [0.4, 0.5) is 0 Å². The number of nitrogens with one attached hydrogen (secondary N) is 1. The summed E-state index contributed by atoms with van der Waals surface area (Å²) < 4.78 is 5.85. The van der Waals surface area contributed by atoms with Crippen LogP contribution in [-0.4, -0.2) is 19.2 Å². The lowest BCUT2D eigenvalue weighted by molar-refractivity contribution is 0.196. The minimum Gasteiger partial charge on any atom is -0.494 e. The Morgan fingerprint density at radius 3 is 2.57 bits per heavy atom. The fourth-order valence-corrected chi connectivity index (χ4v) is 4.02. The van der Waals surface area contributed by atoms with Crippen LogP contribution in [0.25, 0.3) is 0 Å². The third-order valence-corrected chi connectivity index (χ3v) is 5.21. The Labute approximate surface area is 129 Å². The number of hydrogen-bond donors (Lipinski definition) is 1. The topological polar surface area (TPSA) is 21.3 Å². The van der Waals surface area contributed by atoms with Gasteiger partial charge in [0.05, 0.1) is 6.61 Å². The van der Waals surface area contributed by atoms with Crippen LogP contribution in [0.3, 0.4) is 0 Å².